The summed E-state index contributed by atoms with van der Waals surface area (Å²) in [5.41, 5.74) is 0. The first-order valence-electron chi connectivity index (χ1n) is 0. The second-order valence-corrected chi connectivity index (χ2v) is 0. The van der Waals surface area contributed by atoms with Crippen molar-refractivity contribution in [2.24, 2.45) is 0 Å². The molecule has 0 unspecified atom stereocenters. The molecule has 0 rings (SSSR count). The van der Waals surface area contributed by atoms with E-state index in [1.54, 1.807) is 0 Å². The van der Waals surface area contributed by atoms with Crippen LogP contribution in [0, 0.1) is 0 Å². The standard InChI is InChI=1S/8H2O.Sr/h8*1H2;. The third kappa shape index (κ3) is 349. The minimum Gasteiger partial charge on any atom is -0.412 e. The second kappa shape index (κ2) is 453. The third-order valence-corrected chi connectivity index (χ3v) is 0. The molecule has 0 spiro atoms. The van der Waals surface area contributed by atoms with E-state index in [-0.39, 0.29) is 89.3 Å². The molecule has 0 heterocycles. The van der Waals surface area contributed by atoms with Crippen LogP contribution < -0.4 is 0 Å². The molecular formula is H16O8Sr. The molecule has 0 saturated heterocycles. The monoisotopic (exact) mass is 232 g/mol. The van der Waals surface area contributed by atoms with E-state index in [0.29, 0.717) is 0 Å². The van der Waals surface area contributed by atoms with Crippen molar-refractivity contribution in [2.45, 2.75) is 0 Å². The first-order valence-corrected chi connectivity index (χ1v) is 0. The van der Waals surface area contributed by atoms with Crippen molar-refractivity contribution in [1.29, 1.82) is 0 Å². The quantitative estimate of drug-likeness (QED) is 0.352. The van der Waals surface area contributed by atoms with Gasteiger partial charge in [0.25, 0.3) is 0 Å². The molecule has 0 aromatic carbocycles. The van der Waals surface area contributed by atoms with Gasteiger partial charge < -0.3 is 43.8 Å². The summed E-state index contributed by atoms with van der Waals surface area (Å²) in [4.78, 5) is 0. The first-order chi connectivity index (χ1) is 0. The molecule has 8 nitrogen and oxygen atoms in total. The van der Waals surface area contributed by atoms with Gasteiger partial charge in [-0.15, -0.1) is 0 Å². The molecule has 0 saturated carbocycles. The van der Waals surface area contributed by atoms with E-state index in [9.17, 15) is 0 Å². The minimum atomic E-state index is 0. The van der Waals surface area contributed by atoms with Crippen molar-refractivity contribution < 1.29 is 43.8 Å². The summed E-state index contributed by atoms with van der Waals surface area (Å²) in [6.45, 7) is 0. The summed E-state index contributed by atoms with van der Waals surface area (Å²) in [5.74, 6) is 0. The Kier molecular flexibility index (Phi) is 31900. The summed E-state index contributed by atoms with van der Waals surface area (Å²) in [5, 5.41) is 0. The summed E-state index contributed by atoms with van der Waals surface area (Å²) in [6, 6.07) is 0. The first kappa shape index (κ1) is 633. The van der Waals surface area contributed by atoms with Gasteiger partial charge in [-0.1, -0.05) is 0 Å². The summed E-state index contributed by atoms with van der Waals surface area (Å²) >= 11 is 0. The topological polar surface area (TPSA) is 252 Å². The predicted molar refractivity (Wildman–Crippen MR) is 34.7 cm³/mol. The van der Waals surface area contributed by atoms with Gasteiger partial charge in [0.05, 0.1) is 0 Å². The molecule has 2 radical (unpaired) electrons. The van der Waals surface area contributed by atoms with Crippen LogP contribution in [-0.4, -0.2) is 89.3 Å². The summed E-state index contributed by atoms with van der Waals surface area (Å²) in [7, 11) is 0. The Labute approximate surface area is 88.6 Å². The average Bonchev–Trinajstić information content (AvgIpc) is 0. The van der Waals surface area contributed by atoms with Gasteiger partial charge in [0.2, 0.25) is 0 Å². The van der Waals surface area contributed by atoms with E-state index >= 15 is 0 Å². The van der Waals surface area contributed by atoms with Crippen LogP contribution in [0.15, 0.2) is 0 Å². The van der Waals surface area contributed by atoms with Crippen LogP contribution in [0.4, 0.5) is 0 Å². The fourth-order valence-electron chi connectivity index (χ4n) is 0. The Morgan fingerprint density at radius 1 is 0.222 bits per heavy atom. The smallest absolute Gasteiger partial charge is 0 e. The molecule has 0 aromatic heterocycles. The van der Waals surface area contributed by atoms with Crippen LogP contribution in [0.25, 0.3) is 0 Å². The fraction of sp³-hybridized carbons (Fsp3) is 0. The number of rotatable bonds is 0. The maximum absolute atomic E-state index is 0. The van der Waals surface area contributed by atoms with Crippen molar-refractivity contribution in [2.75, 3.05) is 0 Å². The molecule has 0 fully saturated rings. The van der Waals surface area contributed by atoms with E-state index in [0.717, 1.165) is 0 Å². The van der Waals surface area contributed by atoms with Crippen LogP contribution in [0.2, 0.25) is 0 Å². The molecule has 0 aliphatic rings. The van der Waals surface area contributed by atoms with Crippen molar-refractivity contribution in [3.05, 3.63) is 0 Å². The van der Waals surface area contributed by atoms with Crippen LogP contribution in [0.1, 0.15) is 0 Å². The maximum Gasteiger partial charge on any atom is 0 e. The van der Waals surface area contributed by atoms with E-state index in [4.69, 9.17) is 0 Å². The van der Waals surface area contributed by atoms with E-state index < -0.39 is 0 Å². The van der Waals surface area contributed by atoms with Crippen molar-refractivity contribution in [3.63, 3.8) is 0 Å². The molecule has 16 N–H and O–H groups in total. The van der Waals surface area contributed by atoms with Gasteiger partial charge in [-0.05, 0) is 0 Å². The van der Waals surface area contributed by atoms with E-state index in [1.807, 2.05) is 0 Å². The van der Waals surface area contributed by atoms with Gasteiger partial charge in [-0.3, -0.25) is 0 Å². The Morgan fingerprint density at radius 2 is 0.222 bits per heavy atom. The molecule has 0 amide bonds. The zero-order valence-corrected chi connectivity index (χ0v) is 8.18. The minimum absolute atomic E-state index is 0. The molecular weight excluding hydrogens is 216 g/mol. The van der Waals surface area contributed by atoms with Crippen LogP contribution in [-0.2, 0) is 0 Å². The Morgan fingerprint density at radius 3 is 0.222 bits per heavy atom. The second-order valence-electron chi connectivity index (χ2n) is 0. The molecule has 0 atom stereocenters. The molecule has 0 bridgehead atoms. The van der Waals surface area contributed by atoms with Crippen molar-refractivity contribution in [3.8, 4) is 0 Å². The molecule has 0 aliphatic carbocycles. The van der Waals surface area contributed by atoms with Crippen LogP contribution >= 0.6 is 0 Å². The van der Waals surface area contributed by atoms with Gasteiger partial charge >= 0.3 is 0 Å². The fourth-order valence-corrected chi connectivity index (χ4v) is 0. The van der Waals surface area contributed by atoms with E-state index in [2.05, 4.69) is 0 Å². The van der Waals surface area contributed by atoms with E-state index in [1.165, 1.54) is 0 Å². The Hall–Kier alpha value is 1.16. The normalized spacial score (nSPS) is 0. The Balaban J connectivity index is 0. The zero-order valence-electron chi connectivity index (χ0n) is 4.71. The number of hydrogen-bond donors (Lipinski definition) is 0. The molecule has 9 heteroatoms. The SMILES string of the molecule is O.O.O.O.O.O.O.O.[Sr]. The Bertz CT molecular complexity index is 4.53. The predicted octanol–water partition coefficient (Wildman–Crippen LogP) is -6.98. The van der Waals surface area contributed by atoms with Gasteiger partial charge in [0.1, 0.15) is 0 Å². The molecule has 66 valence electrons. The van der Waals surface area contributed by atoms with Crippen LogP contribution in [0.5, 0.6) is 0 Å². The van der Waals surface area contributed by atoms with Gasteiger partial charge in [0, 0.05) is 45.5 Å². The molecule has 9 heavy (non-hydrogen) atoms. The zero-order chi connectivity index (χ0) is 0. The van der Waals surface area contributed by atoms with Crippen molar-refractivity contribution >= 4 is 45.5 Å². The van der Waals surface area contributed by atoms with Gasteiger partial charge in [-0.2, -0.15) is 0 Å². The number of hydrogen-bond acceptors (Lipinski definition) is 0. The van der Waals surface area contributed by atoms with Crippen molar-refractivity contribution in [1.82, 2.24) is 0 Å². The summed E-state index contributed by atoms with van der Waals surface area (Å²) < 4.78 is 0. The maximum atomic E-state index is 0. The van der Waals surface area contributed by atoms with Crippen LogP contribution in [0.3, 0.4) is 0 Å². The van der Waals surface area contributed by atoms with Gasteiger partial charge in [-0.25, -0.2) is 0 Å². The largest absolute Gasteiger partial charge is 0.412 e. The third-order valence-electron chi connectivity index (χ3n) is 0. The molecule has 0 aromatic rings. The van der Waals surface area contributed by atoms with Gasteiger partial charge in [0.15, 0.2) is 0 Å². The molecule has 0 aliphatic heterocycles. The summed E-state index contributed by atoms with van der Waals surface area (Å²) in [6.07, 6.45) is 0. The average molecular weight is 232 g/mol.